The Hall–Kier alpha value is -1.55. The second kappa shape index (κ2) is 7.29. The second-order valence-corrected chi connectivity index (χ2v) is 5.48. The van der Waals surface area contributed by atoms with Crippen LogP contribution >= 0.6 is 0 Å². The lowest BCUT2D eigenvalue weighted by atomic mass is 10.2. The molecule has 0 spiro atoms. The Morgan fingerprint density at radius 3 is 3.00 bits per heavy atom. The number of carbonyl (C=O) groups is 1. The summed E-state index contributed by atoms with van der Waals surface area (Å²) >= 11 is 0. The highest BCUT2D eigenvalue weighted by molar-refractivity contribution is 5.76. The first kappa shape index (κ1) is 14.9. The van der Waals surface area contributed by atoms with Gasteiger partial charge in [-0.2, -0.15) is 0 Å². The fraction of sp³-hybridized carbons (Fsp3) is 0.562. The van der Waals surface area contributed by atoms with Crippen LogP contribution in [0.3, 0.4) is 0 Å². The predicted octanol–water partition coefficient (Wildman–Crippen LogP) is 2.19. The van der Waals surface area contributed by atoms with Crippen molar-refractivity contribution in [3.63, 3.8) is 0 Å². The summed E-state index contributed by atoms with van der Waals surface area (Å²) < 4.78 is 5.68. The summed E-state index contributed by atoms with van der Waals surface area (Å²) in [7, 11) is 0. The topological polar surface area (TPSA) is 41.6 Å². The van der Waals surface area contributed by atoms with Crippen molar-refractivity contribution in [3.8, 4) is 5.75 Å². The van der Waals surface area contributed by atoms with Crippen LogP contribution in [0.25, 0.3) is 0 Å². The van der Waals surface area contributed by atoms with Gasteiger partial charge in [0.2, 0.25) is 5.91 Å². The highest BCUT2D eigenvalue weighted by Gasteiger charge is 2.18. The molecule has 0 aromatic heterocycles. The van der Waals surface area contributed by atoms with E-state index in [0.717, 1.165) is 24.3 Å². The molecular weight excluding hydrogens is 252 g/mol. The normalized spacial score (nSPS) is 14.7. The Balaban J connectivity index is 1.85. The highest BCUT2D eigenvalue weighted by atomic mass is 16.5. The summed E-state index contributed by atoms with van der Waals surface area (Å²) in [5.74, 6) is 1.13. The average molecular weight is 276 g/mol. The minimum absolute atomic E-state index is 0.218. The van der Waals surface area contributed by atoms with Crippen molar-refractivity contribution < 1.29 is 9.53 Å². The molecule has 20 heavy (non-hydrogen) atoms. The first-order valence-corrected chi connectivity index (χ1v) is 7.38. The summed E-state index contributed by atoms with van der Waals surface area (Å²) in [4.78, 5) is 14.2. The summed E-state index contributed by atoms with van der Waals surface area (Å²) in [6.45, 7) is 7.03. The molecule has 110 valence electrons. The van der Waals surface area contributed by atoms with Crippen LogP contribution in [0.15, 0.2) is 24.3 Å². The van der Waals surface area contributed by atoms with Crippen LogP contribution < -0.4 is 10.1 Å². The minimum atomic E-state index is 0.218. The third-order valence-corrected chi connectivity index (χ3v) is 3.43. The number of amides is 1. The van der Waals surface area contributed by atoms with E-state index in [4.69, 9.17) is 4.74 Å². The van der Waals surface area contributed by atoms with Gasteiger partial charge in [-0.15, -0.1) is 0 Å². The lowest BCUT2D eigenvalue weighted by molar-refractivity contribution is -0.132. The van der Waals surface area contributed by atoms with Gasteiger partial charge in [0.25, 0.3) is 0 Å². The van der Waals surface area contributed by atoms with Gasteiger partial charge < -0.3 is 15.0 Å². The maximum Gasteiger partial charge on any atom is 0.223 e. The van der Waals surface area contributed by atoms with E-state index in [1.54, 1.807) is 0 Å². The number of nitrogens with one attached hydrogen (secondary N) is 1. The molecule has 1 aromatic rings. The van der Waals surface area contributed by atoms with Gasteiger partial charge in [-0.05, 0) is 19.0 Å². The van der Waals surface area contributed by atoms with Crippen molar-refractivity contribution in [1.82, 2.24) is 10.2 Å². The Morgan fingerprint density at radius 2 is 2.20 bits per heavy atom. The summed E-state index contributed by atoms with van der Waals surface area (Å²) in [5, 5.41) is 3.34. The van der Waals surface area contributed by atoms with E-state index >= 15 is 0 Å². The number of rotatable bonds is 5. The van der Waals surface area contributed by atoms with Crippen LogP contribution in [0, 0.1) is 0 Å². The maximum absolute atomic E-state index is 12.2. The van der Waals surface area contributed by atoms with Crippen molar-refractivity contribution in [1.29, 1.82) is 0 Å². The molecule has 4 nitrogen and oxygen atoms in total. The Labute approximate surface area is 121 Å². The molecule has 0 radical (unpaired) electrons. The van der Waals surface area contributed by atoms with Gasteiger partial charge in [-0.1, -0.05) is 32.0 Å². The van der Waals surface area contributed by atoms with Gasteiger partial charge in [0.15, 0.2) is 0 Å². The number of carbonyl (C=O) groups excluding carboxylic acids is 1. The van der Waals surface area contributed by atoms with E-state index in [1.165, 1.54) is 0 Å². The number of benzene rings is 1. The summed E-state index contributed by atoms with van der Waals surface area (Å²) in [6, 6.07) is 8.43. The third kappa shape index (κ3) is 4.23. The van der Waals surface area contributed by atoms with E-state index in [9.17, 15) is 4.79 Å². The SMILES string of the molecule is CC(C)NCCCC(=O)N1CCOc2ccccc2C1. The zero-order valence-electron chi connectivity index (χ0n) is 12.4. The molecule has 0 unspecified atom stereocenters. The van der Waals surface area contributed by atoms with Crippen LogP contribution in [-0.4, -0.2) is 36.5 Å². The third-order valence-electron chi connectivity index (χ3n) is 3.43. The van der Waals surface area contributed by atoms with E-state index in [-0.39, 0.29) is 5.91 Å². The maximum atomic E-state index is 12.2. The molecule has 2 rings (SSSR count). The van der Waals surface area contributed by atoms with E-state index < -0.39 is 0 Å². The molecule has 1 aliphatic heterocycles. The Kier molecular flexibility index (Phi) is 5.41. The van der Waals surface area contributed by atoms with Crippen LogP contribution in [0.5, 0.6) is 5.75 Å². The monoisotopic (exact) mass is 276 g/mol. The van der Waals surface area contributed by atoms with Gasteiger partial charge in [0, 0.05) is 24.6 Å². The molecule has 0 atom stereocenters. The Bertz CT molecular complexity index is 446. The lowest BCUT2D eigenvalue weighted by Crippen LogP contribution is -2.33. The van der Waals surface area contributed by atoms with Crippen molar-refractivity contribution in [2.24, 2.45) is 0 Å². The van der Waals surface area contributed by atoms with Crippen LogP contribution in [0.2, 0.25) is 0 Å². The predicted molar refractivity (Wildman–Crippen MR) is 79.7 cm³/mol. The molecule has 0 aliphatic carbocycles. The quantitative estimate of drug-likeness (QED) is 0.838. The van der Waals surface area contributed by atoms with Crippen molar-refractivity contribution in [2.75, 3.05) is 19.7 Å². The molecular formula is C16H24N2O2. The molecule has 4 heteroatoms. The molecule has 1 aliphatic rings. The van der Waals surface area contributed by atoms with Gasteiger partial charge in [0.1, 0.15) is 12.4 Å². The number of ether oxygens (including phenoxy) is 1. The van der Waals surface area contributed by atoms with Crippen molar-refractivity contribution in [2.45, 2.75) is 39.3 Å². The minimum Gasteiger partial charge on any atom is -0.491 e. The van der Waals surface area contributed by atoms with Crippen molar-refractivity contribution in [3.05, 3.63) is 29.8 Å². The Morgan fingerprint density at radius 1 is 1.40 bits per heavy atom. The lowest BCUT2D eigenvalue weighted by Gasteiger charge is -2.20. The number of para-hydroxylation sites is 1. The standard InChI is InChI=1S/C16H24N2O2/c1-13(2)17-9-5-8-16(19)18-10-11-20-15-7-4-3-6-14(15)12-18/h3-4,6-7,13,17H,5,8-12H2,1-2H3. The first-order valence-electron chi connectivity index (χ1n) is 7.38. The average Bonchev–Trinajstić information content (AvgIpc) is 2.65. The molecule has 1 aromatic carbocycles. The van der Waals surface area contributed by atoms with E-state index in [1.807, 2.05) is 29.2 Å². The smallest absolute Gasteiger partial charge is 0.223 e. The second-order valence-electron chi connectivity index (χ2n) is 5.48. The van der Waals surface area contributed by atoms with Gasteiger partial charge in [0.05, 0.1) is 6.54 Å². The molecule has 1 N–H and O–H groups in total. The zero-order valence-corrected chi connectivity index (χ0v) is 12.4. The number of fused-ring (bicyclic) bond motifs is 1. The fourth-order valence-corrected chi connectivity index (χ4v) is 2.33. The molecule has 1 amide bonds. The van der Waals surface area contributed by atoms with Crippen LogP contribution in [0.4, 0.5) is 0 Å². The van der Waals surface area contributed by atoms with Crippen molar-refractivity contribution >= 4 is 5.91 Å². The largest absolute Gasteiger partial charge is 0.491 e. The zero-order chi connectivity index (χ0) is 14.4. The molecule has 0 fully saturated rings. The summed E-state index contributed by atoms with van der Waals surface area (Å²) in [5.41, 5.74) is 1.10. The molecule has 0 saturated carbocycles. The molecule has 0 bridgehead atoms. The number of nitrogens with zero attached hydrogens (tertiary/aromatic N) is 1. The van der Waals surface area contributed by atoms with Gasteiger partial charge in [-0.25, -0.2) is 0 Å². The number of hydrogen-bond donors (Lipinski definition) is 1. The van der Waals surface area contributed by atoms with Gasteiger partial charge in [-0.3, -0.25) is 4.79 Å². The first-order chi connectivity index (χ1) is 9.66. The van der Waals surface area contributed by atoms with E-state index in [2.05, 4.69) is 19.2 Å². The highest BCUT2D eigenvalue weighted by Crippen LogP contribution is 2.22. The van der Waals surface area contributed by atoms with Gasteiger partial charge >= 0.3 is 0 Å². The molecule has 0 saturated heterocycles. The number of hydrogen-bond acceptors (Lipinski definition) is 3. The van der Waals surface area contributed by atoms with Crippen LogP contribution in [-0.2, 0) is 11.3 Å². The molecule has 1 heterocycles. The van der Waals surface area contributed by atoms with Crippen LogP contribution in [0.1, 0.15) is 32.3 Å². The fourth-order valence-electron chi connectivity index (χ4n) is 2.33. The summed E-state index contributed by atoms with van der Waals surface area (Å²) in [6.07, 6.45) is 1.48. The van der Waals surface area contributed by atoms with E-state index in [0.29, 0.717) is 32.2 Å².